The van der Waals surface area contributed by atoms with Gasteiger partial charge in [-0.05, 0) is 25.0 Å². The Morgan fingerprint density at radius 3 is 2.88 bits per heavy atom. The lowest BCUT2D eigenvalue weighted by molar-refractivity contribution is -0.118. The van der Waals surface area contributed by atoms with Crippen LogP contribution in [0.15, 0.2) is 22.7 Å². The summed E-state index contributed by atoms with van der Waals surface area (Å²) in [5.41, 5.74) is 6.86. The topological polar surface area (TPSA) is 64.3 Å². The fourth-order valence-electron chi connectivity index (χ4n) is 1.58. The largest absolute Gasteiger partial charge is 0.380 e. The summed E-state index contributed by atoms with van der Waals surface area (Å²) >= 11 is 3.44. The first-order chi connectivity index (χ1) is 8.07. The highest BCUT2D eigenvalue weighted by atomic mass is 79.9. The van der Waals surface area contributed by atoms with Crippen LogP contribution in [-0.4, -0.2) is 18.6 Å². The number of halogens is 1. The van der Waals surface area contributed by atoms with E-state index >= 15 is 0 Å². The molecule has 1 aromatic rings. The summed E-state index contributed by atoms with van der Waals surface area (Å²) in [6, 6.07) is 5.64. The summed E-state index contributed by atoms with van der Waals surface area (Å²) in [4.78, 5) is 11.9. The van der Waals surface area contributed by atoms with E-state index in [2.05, 4.69) is 21.2 Å². The first-order valence-electron chi connectivity index (χ1n) is 5.43. The van der Waals surface area contributed by atoms with Crippen molar-refractivity contribution in [2.75, 3.05) is 12.4 Å². The van der Waals surface area contributed by atoms with Crippen molar-refractivity contribution < 1.29 is 9.53 Å². The third kappa shape index (κ3) is 2.68. The van der Waals surface area contributed by atoms with Gasteiger partial charge in [-0.2, -0.15) is 0 Å². The highest BCUT2D eigenvalue weighted by Gasteiger charge is 2.46. The second kappa shape index (κ2) is 4.76. The molecule has 1 aliphatic carbocycles. The van der Waals surface area contributed by atoms with Crippen LogP contribution in [0.2, 0.25) is 0 Å². The smallest absolute Gasteiger partial charge is 0.244 e. The number of amides is 1. The lowest BCUT2D eigenvalue weighted by Gasteiger charge is -2.14. The van der Waals surface area contributed by atoms with E-state index in [-0.39, 0.29) is 5.91 Å². The maximum absolute atomic E-state index is 11.9. The van der Waals surface area contributed by atoms with Gasteiger partial charge >= 0.3 is 0 Å². The average molecular weight is 299 g/mol. The number of benzene rings is 1. The van der Waals surface area contributed by atoms with E-state index < -0.39 is 5.54 Å². The summed E-state index contributed by atoms with van der Waals surface area (Å²) in [6.07, 6.45) is 1.51. The minimum absolute atomic E-state index is 0.118. The molecule has 0 unspecified atom stereocenters. The van der Waals surface area contributed by atoms with Crippen LogP contribution in [0.25, 0.3) is 0 Å². The molecule has 17 heavy (non-hydrogen) atoms. The zero-order valence-corrected chi connectivity index (χ0v) is 11.2. The lowest BCUT2D eigenvalue weighted by atomic mass is 10.1. The Kier molecular flexibility index (Phi) is 3.51. The number of rotatable bonds is 4. The predicted molar refractivity (Wildman–Crippen MR) is 69.6 cm³/mol. The van der Waals surface area contributed by atoms with Crippen molar-refractivity contribution in [3.63, 3.8) is 0 Å². The van der Waals surface area contributed by atoms with Gasteiger partial charge in [0.15, 0.2) is 0 Å². The summed E-state index contributed by atoms with van der Waals surface area (Å²) in [6.45, 7) is 0.439. The Balaban J connectivity index is 2.20. The Morgan fingerprint density at radius 1 is 1.59 bits per heavy atom. The molecule has 5 heteroatoms. The molecule has 1 aliphatic rings. The number of nitrogens with one attached hydrogen (secondary N) is 1. The standard InChI is InChI=1S/C12H15BrN2O2/c1-17-7-8-9(13)3-2-4-10(8)15-11(16)12(14)5-6-12/h2-4H,5-7,14H2,1H3,(H,15,16). The molecule has 0 atom stereocenters. The van der Waals surface area contributed by atoms with Gasteiger partial charge < -0.3 is 15.8 Å². The van der Waals surface area contributed by atoms with Gasteiger partial charge in [0.25, 0.3) is 0 Å². The zero-order valence-electron chi connectivity index (χ0n) is 9.63. The lowest BCUT2D eigenvalue weighted by Crippen LogP contribution is -2.38. The van der Waals surface area contributed by atoms with Crippen molar-refractivity contribution in [1.29, 1.82) is 0 Å². The van der Waals surface area contributed by atoms with Crippen molar-refractivity contribution in [3.05, 3.63) is 28.2 Å². The molecule has 3 N–H and O–H groups in total. The summed E-state index contributed by atoms with van der Waals surface area (Å²) in [7, 11) is 1.62. The van der Waals surface area contributed by atoms with Gasteiger partial charge in [-0.25, -0.2) is 0 Å². The van der Waals surface area contributed by atoms with Gasteiger partial charge in [0.1, 0.15) is 0 Å². The van der Waals surface area contributed by atoms with E-state index in [1.54, 1.807) is 7.11 Å². The first-order valence-corrected chi connectivity index (χ1v) is 6.23. The molecule has 1 saturated carbocycles. The van der Waals surface area contributed by atoms with Gasteiger partial charge in [-0.1, -0.05) is 22.0 Å². The van der Waals surface area contributed by atoms with E-state index in [1.807, 2.05) is 18.2 Å². The van der Waals surface area contributed by atoms with Gasteiger partial charge in [-0.15, -0.1) is 0 Å². The van der Waals surface area contributed by atoms with Crippen LogP contribution < -0.4 is 11.1 Å². The maximum atomic E-state index is 11.9. The zero-order chi connectivity index (χ0) is 12.5. The molecular formula is C12H15BrN2O2. The molecule has 0 radical (unpaired) electrons. The molecule has 2 rings (SSSR count). The number of methoxy groups -OCH3 is 1. The molecule has 0 aliphatic heterocycles. The van der Waals surface area contributed by atoms with E-state index in [4.69, 9.17) is 10.5 Å². The molecular weight excluding hydrogens is 284 g/mol. The van der Waals surface area contributed by atoms with Crippen LogP contribution >= 0.6 is 15.9 Å². The van der Waals surface area contributed by atoms with Crippen LogP contribution in [0.3, 0.4) is 0 Å². The summed E-state index contributed by atoms with van der Waals surface area (Å²) in [5.74, 6) is -0.118. The van der Waals surface area contributed by atoms with E-state index in [1.165, 1.54) is 0 Å². The number of hydrogen-bond acceptors (Lipinski definition) is 3. The SMILES string of the molecule is COCc1c(Br)cccc1NC(=O)C1(N)CC1. The number of ether oxygens (including phenoxy) is 1. The molecule has 1 aromatic carbocycles. The predicted octanol–water partition coefficient (Wildman–Crippen LogP) is 2.03. The van der Waals surface area contributed by atoms with Crippen LogP contribution in [-0.2, 0) is 16.1 Å². The van der Waals surface area contributed by atoms with E-state index in [9.17, 15) is 4.79 Å². The second-order valence-electron chi connectivity index (χ2n) is 4.31. The fourth-order valence-corrected chi connectivity index (χ4v) is 2.06. The van der Waals surface area contributed by atoms with Crippen LogP contribution in [0.4, 0.5) is 5.69 Å². The quantitative estimate of drug-likeness (QED) is 0.894. The van der Waals surface area contributed by atoms with Crippen molar-refractivity contribution in [1.82, 2.24) is 0 Å². The number of carbonyl (C=O) groups excluding carboxylic acids is 1. The third-order valence-electron chi connectivity index (χ3n) is 2.90. The summed E-state index contributed by atoms with van der Waals surface area (Å²) < 4.78 is 6.04. The monoisotopic (exact) mass is 298 g/mol. The van der Waals surface area contributed by atoms with Gasteiger partial charge in [0.2, 0.25) is 5.91 Å². The normalized spacial score (nSPS) is 16.6. The van der Waals surface area contributed by atoms with Crippen molar-refractivity contribution >= 4 is 27.5 Å². The Labute approximate surface area is 109 Å². The molecule has 4 nitrogen and oxygen atoms in total. The Bertz CT molecular complexity index is 444. The minimum Gasteiger partial charge on any atom is -0.380 e. The van der Waals surface area contributed by atoms with Crippen LogP contribution in [0.5, 0.6) is 0 Å². The third-order valence-corrected chi connectivity index (χ3v) is 3.64. The van der Waals surface area contributed by atoms with Gasteiger partial charge in [0.05, 0.1) is 12.1 Å². The molecule has 0 spiro atoms. The number of hydrogen-bond donors (Lipinski definition) is 2. The van der Waals surface area contributed by atoms with E-state index in [0.29, 0.717) is 6.61 Å². The molecule has 1 fully saturated rings. The number of nitrogens with two attached hydrogens (primary N) is 1. The van der Waals surface area contributed by atoms with E-state index in [0.717, 1.165) is 28.6 Å². The Morgan fingerprint density at radius 2 is 2.29 bits per heavy atom. The second-order valence-corrected chi connectivity index (χ2v) is 5.16. The fraction of sp³-hybridized carbons (Fsp3) is 0.417. The maximum Gasteiger partial charge on any atom is 0.244 e. The first kappa shape index (κ1) is 12.5. The van der Waals surface area contributed by atoms with Crippen molar-refractivity contribution in [2.24, 2.45) is 5.73 Å². The molecule has 0 aromatic heterocycles. The van der Waals surface area contributed by atoms with Crippen LogP contribution in [0, 0.1) is 0 Å². The highest BCUT2D eigenvalue weighted by molar-refractivity contribution is 9.10. The van der Waals surface area contributed by atoms with Crippen LogP contribution in [0.1, 0.15) is 18.4 Å². The summed E-state index contributed by atoms with van der Waals surface area (Å²) in [5, 5.41) is 2.86. The Hall–Kier alpha value is -0.910. The molecule has 1 amide bonds. The molecule has 92 valence electrons. The van der Waals surface area contributed by atoms with Crippen molar-refractivity contribution in [3.8, 4) is 0 Å². The minimum atomic E-state index is -0.660. The average Bonchev–Trinajstić information content (AvgIpc) is 3.03. The number of carbonyl (C=O) groups is 1. The molecule has 0 bridgehead atoms. The molecule has 0 saturated heterocycles. The highest BCUT2D eigenvalue weighted by Crippen LogP contribution is 2.34. The number of anilines is 1. The molecule has 0 heterocycles. The van der Waals surface area contributed by atoms with Gasteiger partial charge in [0, 0.05) is 22.8 Å². The van der Waals surface area contributed by atoms with Crippen molar-refractivity contribution in [2.45, 2.75) is 25.0 Å². The van der Waals surface area contributed by atoms with Gasteiger partial charge in [-0.3, -0.25) is 4.79 Å².